The van der Waals surface area contributed by atoms with Crippen LogP contribution in [-0.2, 0) is 12.6 Å². The number of nitrogens with one attached hydrogen (secondary N) is 1. The van der Waals surface area contributed by atoms with Crippen LogP contribution >= 0.6 is 11.3 Å². The molecule has 1 atom stereocenters. The number of nitrogens with zero attached hydrogens (tertiary/aromatic N) is 1. The molecule has 1 N–H and O–H groups in total. The molecule has 6 heteroatoms. The minimum Gasteiger partial charge on any atom is -0.313 e. The number of alkyl halides is 3. The molecule has 2 aromatic rings. The van der Waals surface area contributed by atoms with E-state index >= 15 is 0 Å². The van der Waals surface area contributed by atoms with Crippen LogP contribution in [0, 0.1) is 0 Å². The number of aromatic nitrogens is 1. The van der Waals surface area contributed by atoms with Crippen LogP contribution in [-0.4, -0.2) is 12.0 Å². The first-order valence-corrected chi connectivity index (χ1v) is 7.14. The SMILES string of the molecule is CNC1CCc2cc(-c3cnc(C(F)(F)F)s3)ccc21. The van der Waals surface area contributed by atoms with Crippen LogP contribution in [0.3, 0.4) is 0 Å². The van der Waals surface area contributed by atoms with Gasteiger partial charge in [0.2, 0.25) is 0 Å². The number of thiazole rings is 1. The molecule has 1 aliphatic rings. The number of rotatable bonds is 2. The number of benzene rings is 1. The molecule has 0 saturated carbocycles. The van der Waals surface area contributed by atoms with Crippen molar-refractivity contribution in [3.8, 4) is 10.4 Å². The highest BCUT2D eigenvalue weighted by atomic mass is 32.1. The zero-order valence-electron chi connectivity index (χ0n) is 10.8. The average molecular weight is 298 g/mol. The van der Waals surface area contributed by atoms with Gasteiger partial charge in [-0.1, -0.05) is 12.1 Å². The van der Waals surface area contributed by atoms with Crippen molar-refractivity contribution < 1.29 is 13.2 Å². The van der Waals surface area contributed by atoms with E-state index in [-0.39, 0.29) is 0 Å². The summed E-state index contributed by atoms with van der Waals surface area (Å²) in [5.41, 5.74) is 3.27. The van der Waals surface area contributed by atoms with Gasteiger partial charge in [-0.2, -0.15) is 13.2 Å². The van der Waals surface area contributed by atoms with Crippen molar-refractivity contribution in [2.45, 2.75) is 25.1 Å². The third-order valence-electron chi connectivity index (χ3n) is 3.60. The maximum atomic E-state index is 12.6. The molecule has 1 aromatic heterocycles. The van der Waals surface area contributed by atoms with E-state index in [1.165, 1.54) is 17.3 Å². The third-order valence-corrected chi connectivity index (χ3v) is 4.69. The number of hydrogen-bond acceptors (Lipinski definition) is 3. The minimum atomic E-state index is -4.36. The molecule has 1 aromatic carbocycles. The summed E-state index contributed by atoms with van der Waals surface area (Å²) in [7, 11) is 1.92. The fourth-order valence-electron chi connectivity index (χ4n) is 2.61. The Labute approximate surface area is 118 Å². The van der Waals surface area contributed by atoms with E-state index < -0.39 is 11.2 Å². The summed E-state index contributed by atoms with van der Waals surface area (Å²) in [6.45, 7) is 0. The van der Waals surface area contributed by atoms with Crippen LogP contribution in [0.2, 0.25) is 0 Å². The maximum absolute atomic E-state index is 12.6. The van der Waals surface area contributed by atoms with Gasteiger partial charge in [0, 0.05) is 12.2 Å². The molecule has 0 spiro atoms. The zero-order valence-corrected chi connectivity index (χ0v) is 11.6. The van der Waals surface area contributed by atoms with Crippen LogP contribution < -0.4 is 5.32 Å². The summed E-state index contributed by atoms with van der Waals surface area (Å²) in [6, 6.07) is 6.22. The smallest absolute Gasteiger partial charge is 0.313 e. The second kappa shape index (κ2) is 4.86. The molecule has 1 aliphatic carbocycles. The van der Waals surface area contributed by atoms with Gasteiger partial charge in [0.15, 0.2) is 5.01 Å². The van der Waals surface area contributed by atoms with Gasteiger partial charge < -0.3 is 5.32 Å². The Morgan fingerprint density at radius 1 is 1.35 bits per heavy atom. The van der Waals surface area contributed by atoms with Crippen molar-refractivity contribution in [3.05, 3.63) is 40.5 Å². The molecule has 3 rings (SSSR count). The Kier molecular flexibility index (Phi) is 3.30. The van der Waals surface area contributed by atoms with Crippen molar-refractivity contribution in [2.75, 3.05) is 7.05 Å². The topological polar surface area (TPSA) is 24.9 Å². The number of aryl methyl sites for hydroxylation is 1. The van der Waals surface area contributed by atoms with E-state index in [1.807, 2.05) is 25.2 Å². The van der Waals surface area contributed by atoms with Gasteiger partial charge in [-0.05, 0) is 42.6 Å². The molecule has 1 heterocycles. The zero-order chi connectivity index (χ0) is 14.3. The molecule has 106 valence electrons. The minimum absolute atomic E-state index is 0.353. The molecule has 20 heavy (non-hydrogen) atoms. The summed E-state index contributed by atoms with van der Waals surface area (Å²) >= 11 is 0.693. The van der Waals surface area contributed by atoms with Gasteiger partial charge in [-0.25, -0.2) is 4.98 Å². The molecular formula is C14H13F3N2S. The molecule has 0 saturated heterocycles. The Morgan fingerprint density at radius 3 is 2.80 bits per heavy atom. The van der Waals surface area contributed by atoms with Gasteiger partial charge in [0.1, 0.15) is 0 Å². The summed E-state index contributed by atoms with van der Waals surface area (Å²) in [5, 5.41) is 2.45. The van der Waals surface area contributed by atoms with E-state index in [1.54, 1.807) is 0 Å². The van der Waals surface area contributed by atoms with E-state index in [2.05, 4.69) is 10.3 Å². The predicted octanol–water partition coefficient (Wildman–Crippen LogP) is 4.04. The summed E-state index contributed by atoms with van der Waals surface area (Å²) in [6.07, 6.45) is -1.07. The van der Waals surface area contributed by atoms with Crippen LogP contribution in [0.5, 0.6) is 0 Å². The van der Waals surface area contributed by atoms with Crippen molar-refractivity contribution >= 4 is 11.3 Å². The molecule has 0 radical (unpaired) electrons. The highest BCUT2D eigenvalue weighted by Gasteiger charge is 2.34. The average Bonchev–Trinajstić information content (AvgIpc) is 3.04. The predicted molar refractivity (Wildman–Crippen MR) is 72.7 cm³/mol. The normalized spacial score (nSPS) is 18.3. The first-order valence-electron chi connectivity index (χ1n) is 6.32. The van der Waals surface area contributed by atoms with E-state index in [0.717, 1.165) is 18.4 Å². The summed E-state index contributed by atoms with van der Waals surface area (Å²) < 4.78 is 37.7. The van der Waals surface area contributed by atoms with E-state index in [4.69, 9.17) is 0 Å². The van der Waals surface area contributed by atoms with Crippen LogP contribution in [0.15, 0.2) is 24.4 Å². The van der Waals surface area contributed by atoms with Gasteiger partial charge in [0.25, 0.3) is 0 Å². The van der Waals surface area contributed by atoms with E-state index in [9.17, 15) is 13.2 Å². The number of fused-ring (bicyclic) bond motifs is 1. The second-order valence-corrected chi connectivity index (χ2v) is 5.85. The fraction of sp³-hybridized carbons (Fsp3) is 0.357. The first-order chi connectivity index (χ1) is 9.49. The molecule has 2 nitrogen and oxygen atoms in total. The standard InChI is InChI=1S/C14H13F3N2S/c1-18-11-5-3-8-6-9(2-4-10(8)11)12-7-19-13(20-12)14(15,16)17/h2,4,6-7,11,18H,3,5H2,1H3. The number of hydrogen-bond donors (Lipinski definition) is 1. The lowest BCUT2D eigenvalue weighted by Gasteiger charge is -2.10. The van der Waals surface area contributed by atoms with Crippen molar-refractivity contribution in [1.29, 1.82) is 0 Å². The van der Waals surface area contributed by atoms with Gasteiger partial charge in [-0.3, -0.25) is 0 Å². The number of halogens is 3. The largest absolute Gasteiger partial charge is 0.443 e. The first kappa shape index (κ1) is 13.6. The second-order valence-electron chi connectivity index (χ2n) is 4.82. The Bertz CT molecular complexity index is 634. The van der Waals surface area contributed by atoms with Crippen LogP contribution in [0.4, 0.5) is 13.2 Å². The lowest BCUT2D eigenvalue weighted by molar-refractivity contribution is -0.137. The van der Waals surface area contributed by atoms with Crippen LogP contribution in [0.25, 0.3) is 10.4 Å². The van der Waals surface area contributed by atoms with Crippen molar-refractivity contribution in [3.63, 3.8) is 0 Å². The van der Waals surface area contributed by atoms with Crippen LogP contribution in [0.1, 0.15) is 28.6 Å². The monoisotopic (exact) mass is 298 g/mol. The van der Waals surface area contributed by atoms with Gasteiger partial charge in [-0.15, -0.1) is 11.3 Å². The molecule has 0 bridgehead atoms. The van der Waals surface area contributed by atoms with Gasteiger partial charge >= 0.3 is 6.18 Å². The third kappa shape index (κ3) is 2.33. The summed E-state index contributed by atoms with van der Waals surface area (Å²) in [4.78, 5) is 4.03. The molecular weight excluding hydrogens is 285 g/mol. The van der Waals surface area contributed by atoms with E-state index in [0.29, 0.717) is 22.3 Å². The van der Waals surface area contributed by atoms with Crippen molar-refractivity contribution in [2.24, 2.45) is 0 Å². The van der Waals surface area contributed by atoms with Gasteiger partial charge in [0.05, 0.1) is 4.88 Å². The lowest BCUT2D eigenvalue weighted by atomic mass is 10.0. The lowest BCUT2D eigenvalue weighted by Crippen LogP contribution is -2.12. The molecule has 0 fully saturated rings. The Hall–Kier alpha value is -1.40. The Morgan fingerprint density at radius 2 is 2.15 bits per heavy atom. The highest BCUT2D eigenvalue weighted by molar-refractivity contribution is 7.15. The molecule has 0 aliphatic heterocycles. The Balaban J connectivity index is 1.94. The summed E-state index contributed by atoms with van der Waals surface area (Å²) in [5.74, 6) is 0. The fourth-order valence-corrected chi connectivity index (χ4v) is 3.39. The quantitative estimate of drug-likeness (QED) is 0.905. The maximum Gasteiger partial charge on any atom is 0.443 e. The highest BCUT2D eigenvalue weighted by Crippen LogP contribution is 2.38. The molecule has 0 amide bonds. The molecule has 1 unspecified atom stereocenters. The van der Waals surface area contributed by atoms with Crippen molar-refractivity contribution in [1.82, 2.24) is 10.3 Å².